The van der Waals surface area contributed by atoms with E-state index in [1.807, 2.05) is 34.4 Å². The fraction of sp³-hybridized carbons (Fsp3) is 0.167. The first-order chi connectivity index (χ1) is 4.72. The van der Waals surface area contributed by atoms with Crippen molar-refractivity contribution in [2.75, 3.05) is 0 Å². The summed E-state index contributed by atoms with van der Waals surface area (Å²) >= 11 is -1.87. The average Bonchev–Trinajstić information content (AvgIpc) is 1.88. The number of pyridine rings is 1. The van der Waals surface area contributed by atoms with E-state index in [0.717, 1.165) is 5.69 Å². The Morgan fingerprint density at radius 2 is 2.00 bits per heavy atom. The summed E-state index contributed by atoms with van der Waals surface area (Å²) in [6, 6.07) is 5.90. The van der Waals surface area contributed by atoms with Gasteiger partial charge in [-0.1, -0.05) is 0 Å². The molecule has 0 unspecified atom stereocenters. The summed E-state index contributed by atoms with van der Waals surface area (Å²) in [5.41, 5.74) is 1.12. The van der Waals surface area contributed by atoms with E-state index in [4.69, 9.17) is 18.8 Å². The van der Waals surface area contributed by atoms with Gasteiger partial charge in [-0.25, -0.2) is 0 Å². The van der Waals surface area contributed by atoms with Crippen LogP contribution in [-0.4, -0.2) is 0 Å². The third-order valence-electron chi connectivity index (χ3n) is 1.09. The normalized spacial score (nSPS) is 10.3. The van der Waals surface area contributed by atoms with Gasteiger partial charge in [-0.2, -0.15) is 0 Å². The number of aryl methyl sites for hydroxylation is 1. The SMILES string of the molecule is Cc1cccc[n+]1[Pt]([Cl])[Cl].N. The second kappa shape index (κ2) is 5.10. The van der Waals surface area contributed by atoms with E-state index in [2.05, 4.69) is 0 Å². The number of aromatic nitrogens is 1. The van der Waals surface area contributed by atoms with Crippen LogP contribution in [0.2, 0.25) is 0 Å². The van der Waals surface area contributed by atoms with Gasteiger partial charge < -0.3 is 6.15 Å². The van der Waals surface area contributed by atoms with Gasteiger partial charge in [0.05, 0.1) is 0 Å². The summed E-state index contributed by atoms with van der Waals surface area (Å²) in [7, 11) is 11.6. The van der Waals surface area contributed by atoms with Gasteiger partial charge in [0.15, 0.2) is 0 Å². The number of hydrogen-bond acceptors (Lipinski definition) is 1. The molecule has 1 heterocycles. The smallest absolute Gasteiger partial charge is 0.344 e. The Kier molecular flexibility index (Phi) is 5.28. The van der Waals surface area contributed by atoms with Crippen molar-refractivity contribution in [3.8, 4) is 0 Å². The second-order valence-electron chi connectivity index (χ2n) is 1.78. The van der Waals surface area contributed by atoms with E-state index in [-0.39, 0.29) is 6.15 Å². The van der Waals surface area contributed by atoms with E-state index in [1.165, 1.54) is 0 Å². The molecule has 11 heavy (non-hydrogen) atoms. The summed E-state index contributed by atoms with van der Waals surface area (Å²) in [5, 5.41) is 0. The molecule has 0 aliphatic heterocycles. The van der Waals surface area contributed by atoms with Crippen molar-refractivity contribution in [1.29, 1.82) is 0 Å². The zero-order valence-corrected chi connectivity index (χ0v) is 9.82. The Morgan fingerprint density at radius 1 is 1.36 bits per heavy atom. The fourth-order valence-corrected chi connectivity index (χ4v) is 3.81. The average molecular weight is 376 g/mol. The first-order valence-electron chi connectivity index (χ1n) is 2.65. The summed E-state index contributed by atoms with van der Waals surface area (Å²) in [5.74, 6) is 0. The van der Waals surface area contributed by atoms with Crippen LogP contribution in [0, 0.1) is 6.92 Å². The molecule has 0 saturated carbocycles. The molecule has 0 radical (unpaired) electrons. The standard InChI is InChI=1S/C6H7N.2ClH.H3N.Pt/c1-6-4-2-3-5-7-6;;;;/h2-5H,1H3;2*1H;1H3;/q;;;;+3/p-2. The predicted molar refractivity (Wildman–Crippen MR) is 43.5 cm³/mol. The molecule has 0 amide bonds. The molecule has 67 valence electrons. The van der Waals surface area contributed by atoms with Crippen molar-refractivity contribution < 1.29 is 18.6 Å². The van der Waals surface area contributed by atoms with Gasteiger partial charge in [-0.15, -0.1) is 0 Å². The van der Waals surface area contributed by atoms with Gasteiger partial charge in [-0.3, -0.25) is 0 Å². The Bertz CT molecular complexity index is 230. The van der Waals surface area contributed by atoms with Gasteiger partial charge in [0, 0.05) is 0 Å². The van der Waals surface area contributed by atoms with E-state index in [9.17, 15) is 0 Å². The van der Waals surface area contributed by atoms with Crippen molar-refractivity contribution in [2.24, 2.45) is 0 Å². The van der Waals surface area contributed by atoms with Gasteiger partial charge >= 0.3 is 74.5 Å². The van der Waals surface area contributed by atoms with Crippen LogP contribution in [-0.2, 0) is 15.5 Å². The van der Waals surface area contributed by atoms with Crippen LogP contribution in [0.1, 0.15) is 5.69 Å². The Balaban J connectivity index is 0.000001000. The molecule has 0 atom stereocenters. The van der Waals surface area contributed by atoms with E-state index in [1.54, 1.807) is 0 Å². The molecule has 0 aliphatic rings. The predicted octanol–water partition coefficient (Wildman–Crippen LogP) is 2.13. The number of halogens is 2. The molecule has 0 fully saturated rings. The van der Waals surface area contributed by atoms with Gasteiger partial charge in [0.25, 0.3) is 0 Å². The molecular formula is C6H10Cl2N2Pt+. The van der Waals surface area contributed by atoms with E-state index >= 15 is 0 Å². The minimum Gasteiger partial charge on any atom is -0.344 e. The first-order valence-corrected chi connectivity index (χ1v) is 9.30. The molecule has 0 aliphatic carbocycles. The topological polar surface area (TPSA) is 38.9 Å². The summed E-state index contributed by atoms with van der Waals surface area (Å²) < 4.78 is 1.94. The van der Waals surface area contributed by atoms with Crippen molar-refractivity contribution in [3.05, 3.63) is 30.1 Å². The maximum Gasteiger partial charge on any atom is -0.344 e. The van der Waals surface area contributed by atoms with E-state index in [0.29, 0.717) is 0 Å². The second-order valence-corrected chi connectivity index (χ2v) is 8.67. The molecule has 1 rings (SSSR count). The van der Waals surface area contributed by atoms with Gasteiger partial charge in [0.1, 0.15) is 0 Å². The molecule has 3 N–H and O–H groups in total. The molecule has 0 bridgehead atoms. The monoisotopic (exact) mass is 375 g/mol. The Morgan fingerprint density at radius 3 is 2.36 bits per heavy atom. The molecule has 0 saturated heterocycles. The summed E-state index contributed by atoms with van der Waals surface area (Å²) in [6.07, 6.45) is 1.92. The first kappa shape index (κ1) is 11.4. The maximum atomic E-state index is 5.79. The third-order valence-corrected chi connectivity index (χ3v) is 4.94. The van der Waals surface area contributed by atoms with Crippen LogP contribution in [0.15, 0.2) is 24.4 Å². The zero-order chi connectivity index (χ0) is 7.56. The fourth-order valence-electron chi connectivity index (χ4n) is 0.619. The van der Waals surface area contributed by atoms with Crippen LogP contribution in [0.25, 0.3) is 0 Å². The van der Waals surface area contributed by atoms with Crippen LogP contribution in [0.3, 0.4) is 0 Å². The molecule has 0 aromatic carbocycles. The quantitative estimate of drug-likeness (QED) is 0.802. The molecule has 5 heteroatoms. The summed E-state index contributed by atoms with van der Waals surface area (Å²) in [6.45, 7) is 2.00. The Labute approximate surface area is 80.4 Å². The number of rotatable bonds is 1. The molecule has 2 nitrogen and oxygen atoms in total. The molecule has 0 spiro atoms. The van der Waals surface area contributed by atoms with Crippen molar-refractivity contribution in [1.82, 2.24) is 6.15 Å². The Hall–Kier alpha value is 0.378. The third kappa shape index (κ3) is 3.08. The van der Waals surface area contributed by atoms with Crippen molar-refractivity contribution >= 4 is 18.8 Å². The van der Waals surface area contributed by atoms with Gasteiger partial charge in [0.2, 0.25) is 0 Å². The molecule has 1 aromatic heterocycles. The molecule has 1 aromatic rings. The van der Waals surface area contributed by atoms with Crippen LogP contribution in [0.4, 0.5) is 0 Å². The van der Waals surface area contributed by atoms with Crippen LogP contribution in [0.5, 0.6) is 0 Å². The summed E-state index contributed by atoms with van der Waals surface area (Å²) in [4.78, 5) is 0. The van der Waals surface area contributed by atoms with Crippen LogP contribution < -0.4 is 9.28 Å². The number of nitrogens with zero attached hydrogens (tertiary/aromatic N) is 1. The van der Waals surface area contributed by atoms with Crippen LogP contribution >= 0.6 is 18.8 Å². The largest absolute Gasteiger partial charge is 0.344 e. The minimum absolute atomic E-state index is 0. The van der Waals surface area contributed by atoms with Crippen molar-refractivity contribution in [2.45, 2.75) is 6.92 Å². The zero-order valence-electron chi connectivity index (χ0n) is 6.04. The number of hydrogen-bond donors (Lipinski definition) is 1. The van der Waals surface area contributed by atoms with E-state index < -0.39 is 15.5 Å². The molecular weight excluding hydrogens is 366 g/mol. The van der Waals surface area contributed by atoms with Crippen molar-refractivity contribution in [3.63, 3.8) is 0 Å². The van der Waals surface area contributed by atoms with Gasteiger partial charge in [-0.05, 0) is 0 Å². The maximum absolute atomic E-state index is 5.79. The minimum atomic E-state index is -1.87.